The predicted molar refractivity (Wildman–Crippen MR) is 130 cm³/mol. The maximum atomic E-state index is 12.6. The Hall–Kier alpha value is -2.97. The monoisotopic (exact) mass is 457 g/mol. The van der Waals surface area contributed by atoms with Crippen LogP contribution in [0, 0.1) is 5.92 Å². The minimum Gasteiger partial charge on any atom is -0.494 e. The molecular weight excluding hydrogens is 426 g/mol. The minimum atomic E-state index is -0.363. The van der Waals surface area contributed by atoms with Crippen molar-refractivity contribution in [2.24, 2.45) is 5.92 Å². The van der Waals surface area contributed by atoms with Gasteiger partial charge in [0.05, 0.1) is 17.9 Å². The molecule has 0 fully saturated rings. The molecule has 0 unspecified atom stereocenters. The molecule has 172 valence electrons. The molecule has 0 saturated heterocycles. The zero-order chi connectivity index (χ0) is 23.3. The van der Waals surface area contributed by atoms with Crippen LogP contribution in [0.15, 0.2) is 48.5 Å². The molecule has 0 atom stereocenters. The van der Waals surface area contributed by atoms with E-state index in [2.05, 4.69) is 29.8 Å². The van der Waals surface area contributed by atoms with Crippen molar-refractivity contribution >= 4 is 34.8 Å². The lowest BCUT2D eigenvalue weighted by molar-refractivity contribution is 0.0947. The Balaban J connectivity index is 1.95. The van der Waals surface area contributed by atoms with Gasteiger partial charge < -0.3 is 20.1 Å². The second kappa shape index (κ2) is 13.4. The maximum absolute atomic E-state index is 12.6. The Bertz CT molecular complexity index is 918. The maximum Gasteiger partial charge on any atom is 0.257 e. The molecule has 0 heterocycles. The first kappa shape index (κ1) is 25.3. The Morgan fingerprint density at radius 3 is 2.56 bits per heavy atom. The van der Waals surface area contributed by atoms with Crippen LogP contribution in [0.3, 0.4) is 0 Å². The Labute approximate surface area is 194 Å². The molecule has 2 aromatic rings. The van der Waals surface area contributed by atoms with E-state index in [1.807, 2.05) is 6.07 Å². The van der Waals surface area contributed by atoms with Gasteiger partial charge in [0, 0.05) is 25.8 Å². The number of ether oxygens (including phenoxy) is 2. The fraction of sp³-hybridized carbons (Fsp3) is 0.375. The summed E-state index contributed by atoms with van der Waals surface area (Å²) in [5.74, 6) is 0.579. The summed E-state index contributed by atoms with van der Waals surface area (Å²) in [4.78, 5) is 25.1. The van der Waals surface area contributed by atoms with Gasteiger partial charge in [0.2, 0.25) is 0 Å². The summed E-state index contributed by atoms with van der Waals surface area (Å²) in [5.41, 5.74) is 1.37. The SMILES string of the molecule is COCCCNC(=O)c1ccccc1NC(=S)NC(=O)c1cccc(OCCC(C)C)c1. The third-order valence-corrected chi connectivity index (χ3v) is 4.72. The molecule has 0 aliphatic rings. The number of thiocarbonyl (C=S) groups is 1. The molecule has 0 aromatic heterocycles. The highest BCUT2D eigenvalue weighted by Gasteiger charge is 2.14. The highest BCUT2D eigenvalue weighted by atomic mass is 32.1. The quantitative estimate of drug-likeness (QED) is 0.349. The minimum absolute atomic E-state index is 0.0979. The number of carbonyl (C=O) groups excluding carboxylic acids is 2. The number of hydrogen-bond acceptors (Lipinski definition) is 5. The third kappa shape index (κ3) is 8.64. The van der Waals surface area contributed by atoms with Gasteiger partial charge in [-0.1, -0.05) is 32.0 Å². The number of nitrogens with one attached hydrogen (secondary N) is 3. The second-order valence-corrected chi connectivity index (χ2v) is 8.02. The highest BCUT2D eigenvalue weighted by Crippen LogP contribution is 2.16. The first-order valence-electron chi connectivity index (χ1n) is 10.6. The van der Waals surface area contributed by atoms with Crippen LogP contribution in [0.2, 0.25) is 0 Å². The van der Waals surface area contributed by atoms with E-state index in [9.17, 15) is 9.59 Å². The molecule has 0 saturated carbocycles. The Kier molecular flexibility index (Phi) is 10.6. The zero-order valence-corrected chi connectivity index (χ0v) is 19.6. The lowest BCUT2D eigenvalue weighted by Gasteiger charge is -2.14. The van der Waals surface area contributed by atoms with Crippen LogP contribution in [0.4, 0.5) is 5.69 Å². The molecule has 3 N–H and O–H groups in total. The topological polar surface area (TPSA) is 88.7 Å². The van der Waals surface area contributed by atoms with E-state index in [4.69, 9.17) is 21.7 Å². The van der Waals surface area contributed by atoms with E-state index in [-0.39, 0.29) is 16.9 Å². The summed E-state index contributed by atoms with van der Waals surface area (Å²) < 4.78 is 10.7. The molecule has 0 radical (unpaired) electrons. The van der Waals surface area contributed by atoms with Crippen LogP contribution < -0.4 is 20.7 Å². The van der Waals surface area contributed by atoms with Crippen LogP contribution in [0.1, 0.15) is 47.4 Å². The summed E-state index contributed by atoms with van der Waals surface area (Å²) in [5, 5.41) is 8.53. The van der Waals surface area contributed by atoms with E-state index in [0.29, 0.717) is 54.7 Å². The number of anilines is 1. The lowest BCUT2D eigenvalue weighted by Crippen LogP contribution is -2.35. The molecule has 32 heavy (non-hydrogen) atoms. The molecule has 2 aromatic carbocycles. The van der Waals surface area contributed by atoms with Crippen molar-refractivity contribution in [2.45, 2.75) is 26.7 Å². The van der Waals surface area contributed by atoms with Crippen LogP contribution >= 0.6 is 12.2 Å². The van der Waals surface area contributed by atoms with Crippen molar-refractivity contribution in [3.8, 4) is 5.75 Å². The fourth-order valence-corrected chi connectivity index (χ4v) is 2.97. The number of para-hydroxylation sites is 1. The van der Waals surface area contributed by atoms with Crippen LogP contribution in [-0.4, -0.2) is 43.8 Å². The second-order valence-electron chi connectivity index (χ2n) is 7.61. The smallest absolute Gasteiger partial charge is 0.257 e. The average Bonchev–Trinajstić information content (AvgIpc) is 2.77. The fourth-order valence-electron chi connectivity index (χ4n) is 2.77. The van der Waals surface area contributed by atoms with Gasteiger partial charge in [-0.2, -0.15) is 0 Å². The highest BCUT2D eigenvalue weighted by molar-refractivity contribution is 7.80. The molecule has 0 spiro atoms. The zero-order valence-electron chi connectivity index (χ0n) is 18.8. The number of carbonyl (C=O) groups is 2. The van der Waals surface area contributed by atoms with Crippen molar-refractivity contribution in [3.05, 3.63) is 59.7 Å². The summed E-state index contributed by atoms with van der Waals surface area (Å²) in [6, 6.07) is 13.9. The first-order chi connectivity index (χ1) is 15.4. The summed E-state index contributed by atoms with van der Waals surface area (Å²) >= 11 is 5.29. The van der Waals surface area contributed by atoms with Crippen molar-refractivity contribution in [1.82, 2.24) is 10.6 Å². The van der Waals surface area contributed by atoms with Gasteiger partial charge in [-0.05, 0) is 61.3 Å². The molecule has 2 rings (SSSR count). The summed E-state index contributed by atoms with van der Waals surface area (Å²) in [7, 11) is 1.62. The van der Waals surface area contributed by atoms with Crippen LogP contribution in [0.5, 0.6) is 5.75 Å². The first-order valence-corrected chi connectivity index (χ1v) is 11.0. The van der Waals surface area contributed by atoms with Crippen molar-refractivity contribution in [2.75, 3.05) is 32.2 Å². The molecular formula is C24H31N3O4S. The molecule has 0 aliphatic heterocycles. The number of methoxy groups -OCH3 is 1. The lowest BCUT2D eigenvalue weighted by atomic mass is 10.1. The van der Waals surface area contributed by atoms with Gasteiger partial charge in [-0.15, -0.1) is 0 Å². The Morgan fingerprint density at radius 1 is 1.03 bits per heavy atom. The molecule has 2 amide bonds. The van der Waals surface area contributed by atoms with E-state index in [0.717, 1.165) is 6.42 Å². The van der Waals surface area contributed by atoms with E-state index in [1.54, 1.807) is 49.6 Å². The largest absolute Gasteiger partial charge is 0.494 e. The van der Waals surface area contributed by atoms with E-state index >= 15 is 0 Å². The van der Waals surface area contributed by atoms with Gasteiger partial charge >= 0.3 is 0 Å². The number of rotatable bonds is 11. The van der Waals surface area contributed by atoms with E-state index < -0.39 is 0 Å². The standard InChI is InChI=1S/C24H31N3O4S/c1-17(2)12-15-31-19-9-6-8-18(16-19)22(28)27-24(32)26-21-11-5-4-10-20(21)23(29)25-13-7-14-30-3/h4-6,8-11,16-17H,7,12-15H2,1-3H3,(H,25,29)(H2,26,27,28,32). The summed E-state index contributed by atoms with van der Waals surface area (Å²) in [6.45, 7) is 5.92. The summed E-state index contributed by atoms with van der Waals surface area (Å²) in [6.07, 6.45) is 1.65. The van der Waals surface area contributed by atoms with Crippen LogP contribution in [0.25, 0.3) is 0 Å². The molecule has 0 bridgehead atoms. The molecule has 8 heteroatoms. The van der Waals surface area contributed by atoms with Gasteiger partial charge in [0.25, 0.3) is 11.8 Å². The van der Waals surface area contributed by atoms with Gasteiger partial charge in [0.1, 0.15) is 5.75 Å². The normalized spacial score (nSPS) is 10.5. The van der Waals surface area contributed by atoms with Gasteiger partial charge in [0.15, 0.2) is 5.11 Å². The number of benzene rings is 2. The average molecular weight is 458 g/mol. The van der Waals surface area contributed by atoms with Gasteiger partial charge in [-0.3, -0.25) is 14.9 Å². The Morgan fingerprint density at radius 2 is 1.81 bits per heavy atom. The van der Waals surface area contributed by atoms with Gasteiger partial charge in [-0.25, -0.2) is 0 Å². The van der Waals surface area contributed by atoms with Crippen LogP contribution in [-0.2, 0) is 4.74 Å². The van der Waals surface area contributed by atoms with Crippen molar-refractivity contribution < 1.29 is 19.1 Å². The predicted octanol–water partition coefficient (Wildman–Crippen LogP) is 4.00. The molecule has 7 nitrogen and oxygen atoms in total. The van der Waals surface area contributed by atoms with E-state index in [1.165, 1.54) is 0 Å². The van der Waals surface area contributed by atoms with Crippen molar-refractivity contribution in [1.29, 1.82) is 0 Å². The third-order valence-electron chi connectivity index (χ3n) is 4.52. The van der Waals surface area contributed by atoms with Crippen molar-refractivity contribution in [3.63, 3.8) is 0 Å². The number of hydrogen-bond donors (Lipinski definition) is 3. The number of amides is 2. The molecule has 0 aliphatic carbocycles.